The lowest BCUT2D eigenvalue weighted by Gasteiger charge is -2.31. The molecule has 0 N–H and O–H groups in total. The van der Waals surface area contributed by atoms with Crippen molar-refractivity contribution in [1.29, 1.82) is 0 Å². The van der Waals surface area contributed by atoms with E-state index in [9.17, 15) is 9.18 Å². The Morgan fingerprint density at radius 2 is 1.86 bits per heavy atom. The molecule has 1 aliphatic rings. The SMILES string of the molecule is COc1c(Cl)c2c(c(Cl)c1OC)CN(C(=O)CCCc1ccc(F)cn1)CC2. The van der Waals surface area contributed by atoms with E-state index in [1.165, 1.54) is 26.5 Å². The van der Waals surface area contributed by atoms with Gasteiger partial charge in [-0.25, -0.2) is 4.39 Å². The van der Waals surface area contributed by atoms with Gasteiger partial charge in [0.1, 0.15) is 5.82 Å². The van der Waals surface area contributed by atoms with Crippen molar-refractivity contribution in [3.05, 3.63) is 51.0 Å². The quantitative estimate of drug-likeness (QED) is 0.684. The Balaban J connectivity index is 1.68. The number of ether oxygens (including phenoxy) is 2. The molecule has 0 unspecified atom stereocenters. The molecule has 0 aliphatic carbocycles. The fourth-order valence-corrected chi connectivity index (χ4v) is 4.10. The average Bonchev–Trinajstić information content (AvgIpc) is 2.71. The Labute approximate surface area is 173 Å². The van der Waals surface area contributed by atoms with Gasteiger partial charge in [-0.1, -0.05) is 23.2 Å². The summed E-state index contributed by atoms with van der Waals surface area (Å²) in [5.74, 6) is 0.466. The summed E-state index contributed by atoms with van der Waals surface area (Å²) in [7, 11) is 3.02. The highest BCUT2D eigenvalue weighted by Gasteiger charge is 2.29. The van der Waals surface area contributed by atoms with Gasteiger partial charge in [0.2, 0.25) is 5.91 Å². The average molecular weight is 427 g/mol. The summed E-state index contributed by atoms with van der Waals surface area (Å²) in [5, 5.41) is 0.903. The number of nitrogens with zero attached hydrogens (tertiary/aromatic N) is 2. The van der Waals surface area contributed by atoms with Crippen LogP contribution < -0.4 is 9.47 Å². The maximum atomic E-state index is 12.9. The fourth-order valence-electron chi connectivity index (χ4n) is 3.39. The third kappa shape index (κ3) is 4.18. The number of benzene rings is 1. The number of carbonyl (C=O) groups is 1. The smallest absolute Gasteiger partial charge is 0.222 e. The molecule has 8 heteroatoms. The van der Waals surface area contributed by atoms with Crippen LogP contribution in [-0.2, 0) is 24.2 Å². The molecule has 2 aromatic rings. The van der Waals surface area contributed by atoms with Gasteiger partial charge < -0.3 is 14.4 Å². The molecule has 2 heterocycles. The zero-order valence-corrected chi connectivity index (χ0v) is 17.2. The van der Waals surface area contributed by atoms with Crippen molar-refractivity contribution >= 4 is 29.1 Å². The van der Waals surface area contributed by atoms with E-state index in [2.05, 4.69) is 4.98 Å². The molecule has 1 aromatic heterocycles. The number of aryl methyl sites for hydroxylation is 1. The molecule has 3 rings (SSSR count). The number of amides is 1. The molecular formula is C20H21Cl2FN2O3. The van der Waals surface area contributed by atoms with Crippen LogP contribution in [0.4, 0.5) is 4.39 Å². The first-order valence-corrected chi connectivity index (χ1v) is 9.70. The first-order valence-electron chi connectivity index (χ1n) is 8.95. The molecule has 0 bridgehead atoms. The van der Waals surface area contributed by atoms with Crippen molar-refractivity contribution in [2.24, 2.45) is 0 Å². The Bertz CT molecular complexity index is 875. The lowest BCUT2D eigenvalue weighted by Crippen LogP contribution is -2.36. The van der Waals surface area contributed by atoms with Crippen molar-refractivity contribution in [3.8, 4) is 11.5 Å². The van der Waals surface area contributed by atoms with Crippen LogP contribution >= 0.6 is 23.2 Å². The van der Waals surface area contributed by atoms with Crippen LogP contribution in [0.5, 0.6) is 11.5 Å². The van der Waals surface area contributed by atoms with Gasteiger partial charge in [-0.3, -0.25) is 9.78 Å². The summed E-state index contributed by atoms with van der Waals surface area (Å²) < 4.78 is 23.6. The standard InChI is InChI=1S/C20H21Cl2FN2O3/c1-27-19-17(21)14-8-9-25(11-15(14)18(22)20(19)28-2)16(26)5-3-4-13-7-6-12(23)10-24-13/h6-7,10H,3-5,8-9,11H2,1-2H3. The Kier molecular flexibility index (Phi) is 6.62. The zero-order valence-electron chi connectivity index (χ0n) is 15.7. The minimum absolute atomic E-state index is 0.0368. The lowest BCUT2D eigenvalue weighted by atomic mass is 9.97. The molecule has 0 atom stereocenters. The van der Waals surface area contributed by atoms with Crippen LogP contribution in [0.2, 0.25) is 10.0 Å². The molecule has 150 valence electrons. The van der Waals surface area contributed by atoms with E-state index in [0.29, 0.717) is 60.3 Å². The summed E-state index contributed by atoms with van der Waals surface area (Å²) in [4.78, 5) is 18.4. The summed E-state index contributed by atoms with van der Waals surface area (Å²) in [6, 6.07) is 3.01. The fraction of sp³-hybridized carbons (Fsp3) is 0.400. The highest BCUT2D eigenvalue weighted by molar-refractivity contribution is 6.37. The Morgan fingerprint density at radius 3 is 2.46 bits per heavy atom. The number of hydrogen-bond acceptors (Lipinski definition) is 4. The number of rotatable bonds is 6. The van der Waals surface area contributed by atoms with E-state index in [1.807, 2.05) is 0 Å². The predicted octanol–water partition coefficient (Wildman–Crippen LogP) is 4.45. The number of fused-ring (bicyclic) bond motifs is 1. The second-order valence-electron chi connectivity index (χ2n) is 6.54. The van der Waals surface area contributed by atoms with Crippen molar-refractivity contribution < 1.29 is 18.7 Å². The van der Waals surface area contributed by atoms with Gasteiger partial charge in [0.25, 0.3) is 0 Å². The summed E-state index contributed by atoms with van der Waals surface area (Å²) >= 11 is 13.0. The second-order valence-corrected chi connectivity index (χ2v) is 7.29. The van der Waals surface area contributed by atoms with Gasteiger partial charge in [-0.15, -0.1) is 0 Å². The molecule has 5 nitrogen and oxygen atoms in total. The highest BCUT2D eigenvalue weighted by atomic mass is 35.5. The van der Waals surface area contributed by atoms with Crippen molar-refractivity contribution in [2.75, 3.05) is 20.8 Å². The summed E-state index contributed by atoms with van der Waals surface area (Å²) in [5.41, 5.74) is 2.46. The minimum Gasteiger partial charge on any atom is -0.491 e. The largest absolute Gasteiger partial charge is 0.491 e. The van der Waals surface area contributed by atoms with Crippen LogP contribution in [-0.4, -0.2) is 36.6 Å². The maximum absolute atomic E-state index is 12.9. The topological polar surface area (TPSA) is 51.7 Å². The molecule has 1 amide bonds. The van der Waals surface area contributed by atoms with Gasteiger partial charge in [-0.05, 0) is 42.5 Å². The van der Waals surface area contributed by atoms with Crippen molar-refractivity contribution in [2.45, 2.75) is 32.2 Å². The lowest BCUT2D eigenvalue weighted by molar-refractivity contribution is -0.132. The van der Waals surface area contributed by atoms with Gasteiger partial charge in [0.15, 0.2) is 11.5 Å². The van der Waals surface area contributed by atoms with Gasteiger partial charge >= 0.3 is 0 Å². The van der Waals surface area contributed by atoms with Crippen LogP contribution in [0.15, 0.2) is 18.3 Å². The molecule has 28 heavy (non-hydrogen) atoms. The van der Waals surface area contributed by atoms with E-state index < -0.39 is 0 Å². The van der Waals surface area contributed by atoms with Crippen LogP contribution in [0.1, 0.15) is 29.7 Å². The summed E-state index contributed by atoms with van der Waals surface area (Å²) in [6.45, 7) is 0.939. The van der Waals surface area contributed by atoms with E-state index >= 15 is 0 Å². The Morgan fingerprint density at radius 1 is 1.18 bits per heavy atom. The minimum atomic E-state index is -0.366. The number of carbonyl (C=O) groups excluding carboxylic acids is 1. The number of halogens is 3. The molecule has 1 aliphatic heterocycles. The normalized spacial score (nSPS) is 13.2. The Hall–Kier alpha value is -2.05. The first kappa shape index (κ1) is 20.7. The number of aromatic nitrogens is 1. The molecule has 0 fully saturated rings. The monoisotopic (exact) mass is 426 g/mol. The zero-order chi connectivity index (χ0) is 20.3. The first-order chi connectivity index (χ1) is 13.5. The maximum Gasteiger partial charge on any atom is 0.222 e. The second kappa shape index (κ2) is 8.97. The molecule has 1 aromatic carbocycles. The summed E-state index contributed by atoms with van der Waals surface area (Å²) in [6.07, 6.45) is 3.42. The highest BCUT2D eigenvalue weighted by Crippen LogP contribution is 2.47. The third-order valence-corrected chi connectivity index (χ3v) is 5.65. The van der Waals surface area contributed by atoms with Crippen LogP contribution in [0.3, 0.4) is 0 Å². The molecule has 0 saturated heterocycles. The number of hydrogen-bond donors (Lipinski definition) is 0. The van der Waals surface area contributed by atoms with E-state index in [1.54, 1.807) is 11.0 Å². The van der Waals surface area contributed by atoms with E-state index in [-0.39, 0.29) is 11.7 Å². The van der Waals surface area contributed by atoms with Gasteiger partial charge in [0, 0.05) is 25.2 Å². The number of pyridine rings is 1. The van der Waals surface area contributed by atoms with Crippen molar-refractivity contribution in [3.63, 3.8) is 0 Å². The van der Waals surface area contributed by atoms with Crippen LogP contribution in [0.25, 0.3) is 0 Å². The predicted molar refractivity (Wildman–Crippen MR) is 106 cm³/mol. The van der Waals surface area contributed by atoms with E-state index in [0.717, 1.165) is 16.8 Å². The van der Waals surface area contributed by atoms with Gasteiger partial charge in [0.05, 0.1) is 30.5 Å². The molecule has 0 spiro atoms. The van der Waals surface area contributed by atoms with Crippen molar-refractivity contribution in [1.82, 2.24) is 9.88 Å². The van der Waals surface area contributed by atoms with Crippen LogP contribution in [0, 0.1) is 5.82 Å². The molecular weight excluding hydrogens is 406 g/mol. The third-order valence-electron chi connectivity index (χ3n) is 4.85. The molecule has 0 radical (unpaired) electrons. The number of methoxy groups -OCH3 is 2. The van der Waals surface area contributed by atoms with Gasteiger partial charge in [-0.2, -0.15) is 0 Å². The molecule has 0 saturated carbocycles. The van der Waals surface area contributed by atoms with E-state index in [4.69, 9.17) is 32.7 Å².